The van der Waals surface area contributed by atoms with Gasteiger partial charge in [0.1, 0.15) is 6.54 Å². The van der Waals surface area contributed by atoms with E-state index in [9.17, 15) is 14.4 Å². The van der Waals surface area contributed by atoms with Crippen LogP contribution >= 0.6 is 15.9 Å². The van der Waals surface area contributed by atoms with E-state index in [1.165, 1.54) is 29.6 Å². The number of hydrogen-bond acceptors (Lipinski definition) is 4. The first-order chi connectivity index (χ1) is 11.8. The van der Waals surface area contributed by atoms with E-state index in [0.29, 0.717) is 5.69 Å². The zero-order valence-corrected chi connectivity index (χ0v) is 15.5. The molecule has 0 unspecified atom stereocenters. The summed E-state index contributed by atoms with van der Waals surface area (Å²) in [5, 5.41) is 2.79. The molecule has 0 aliphatic rings. The highest BCUT2D eigenvalue weighted by Gasteiger charge is 2.16. The van der Waals surface area contributed by atoms with E-state index < -0.39 is 11.2 Å². The van der Waals surface area contributed by atoms with Crippen molar-refractivity contribution in [3.63, 3.8) is 0 Å². The van der Waals surface area contributed by atoms with Gasteiger partial charge in [0.2, 0.25) is 5.91 Å². The number of aryl methyl sites for hydroxylation is 2. The third-order valence-electron chi connectivity index (χ3n) is 3.97. The number of nitrogens with zero attached hydrogens (tertiary/aromatic N) is 4. The van der Waals surface area contributed by atoms with Crippen LogP contribution < -0.4 is 16.6 Å². The summed E-state index contributed by atoms with van der Waals surface area (Å²) in [6, 6.07) is 5.48. The predicted molar refractivity (Wildman–Crippen MR) is 97.7 cm³/mol. The molecule has 0 radical (unpaired) electrons. The van der Waals surface area contributed by atoms with Gasteiger partial charge in [-0.05, 0) is 30.7 Å². The Balaban J connectivity index is 1.93. The van der Waals surface area contributed by atoms with E-state index in [1.54, 1.807) is 6.07 Å². The van der Waals surface area contributed by atoms with Crippen molar-refractivity contribution in [2.75, 3.05) is 5.32 Å². The highest BCUT2D eigenvalue weighted by atomic mass is 79.9. The fraction of sp³-hybridized carbons (Fsp3) is 0.250. The topological polar surface area (TPSA) is 90.9 Å². The van der Waals surface area contributed by atoms with Gasteiger partial charge < -0.3 is 9.88 Å². The number of halogens is 1. The number of carbonyl (C=O) groups excluding carboxylic acids is 1. The lowest BCUT2D eigenvalue weighted by atomic mass is 10.2. The molecule has 0 aliphatic carbocycles. The quantitative estimate of drug-likeness (QED) is 0.707. The van der Waals surface area contributed by atoms with Crippen LogP contribution in [0.1, 0.15) is 5.56 Å². The lowest BCUT2D eigenvalue weighted by Gasteiger charge is -2.09. The molecule has 0 spiro atoms. The lowest BCUT2D eigenvalue weighted by molar-refractivity contribution is -0.116. The first-order valence-electron chi connectivity index (χ1n) is 7.46. The Kier molecular flexibility index (Phi) is 4.34. The van der Waals surface area contributed by atoms with E-state index in [-0.39, 0.29) is 23.6 Å². The molecule has 0 saturated heterocycles. The van der Waals surface area contributed by atoms with Crippen molar-refractivity contribution in [3.05, 3.63) is 55.4 Å². The monoisotopic (exact) mass is 405 g/mol. The molecule has 130 valence electrons. The van der Waals surface area contributed by atoms with Gasteiger partial charge in [-0.3, -0.25) is 18.7 Å². The maximum atomic E-state index is 12.4. The Labute approximate surface area is 150 Å². The third kappa shape index (κ3) is 3.02. The number of imidazole rings is 1. The molecule has 8 nitrogen and oxygen atoms in total. The first-order valence-corrected chi connectivity index (χ1v) is 8.25. The molecule has 3 rings (SSSR count). The number of hydrogen-bond donors (Lipinski definition) is 1. The van der Waals surface area contributed by atoms with Crippen LogP contribution in [0.15, 0.2) is 38.6 Å². The molecule has 2 heterocycles. The fourth-order valence-electron chi connectivity index (χ4n) is 2.59. The van der Waals surface area contributed by atoms with Gasteiger partial charge >= 0.3 is 5.69 Å². The molecule has 0 saturated carbocycles. The van der Waals surface area contributed by atoms with Crippen molar-refractivity contribution in [3.8, 4) is 0 Å². The summed E-state index contributed by atoms with van der Waals surface area (Å²) in [7, 11) is 2.93. The molecule has 0 aliphatic heterocycles. The molecule has 9 heteroatoms. The van der Waals surface area contributed by atoms with Crippen LogP contribution in [0.4, 0.5) is 5.69 Å². The highest BCUT2D eigenvalue weighted by molar-refractivity contribution is 9.10. The van der Waals surface area contributed by atoms with Crippen LogP contribution in [0.2, 0.25) is 0 Å². The van der Waals surface area contributed by atoms with Crippen LogP contribution in [0.5, 0.6) is 0 Å². The maximum Gasteiger partial charge on any atom is 0.332 e. The molecule has 1 amide bonds. The Bertz CT molecular complexity index is 1110. The van der Waals surface area contributed by atoms with Crippen molar-refractivity contribution in [1.82, 2.24) is 18.7 Å². The molecule has 2 aromatic heterocycles. The van der Waals surface area contributed by atoms with Crippen molar-refractivity contribution < 1.29 is 4.79 Å². The van der Waals surface area contributed by atoms with E-state index in [4.69, 9.17) is 0 Å². The molecule has 1 N–H and O–H groups in total. The van der Waals surface area contributed by atoms with Gasteiger partial charge in [0.15, 0.2) is 11.2 Å². The maximum absolute atomic E-state index is 12.4. The SMILES string of the molecule is Cc1cc(NC(=O)Cn2cnc3c2c(=O)n(C)c(=O)n3C)ccc1Br. The summed E-state index contributed by atoms with van der Waals surface area (Å²) in [6.07, 6.45) is 1.39. The van der Waals surface area contributed by atoms with E-state index in [0.717, 1.165) is 14.6 Å². The van der Waals surface area contributed by atoms with Gasteiger partial charge in [-0.25, -0.2) is 9.78 Å². The average Bonchev–Trinajstić information content (AvgIpc) is 2.98. The van der Waals surface area contributed by atoms with Crippen molar-refractivity contribution >= 4 is 38.7 Å². The fourth-order valence-corrected chi connectivity index (χ4v) is 2.84. The molecule has 3 aromatic rings. The van der Waals surface area contributed by atoms with Gasteiger partial charge in [0, 0.05) is 24.3 Å². The van der Waals surface area contributed by atoms with E-state index in [2.05, 4.69) is 26.2 Å². The van der Waals surface area contributed by atoms with Gasteiger partial charge in [-0.2, -0.15) is 0 Å². The number of benzene rings is 1. The zero-order chi connectivity index (χ0) is 18.3. The molecule has 0 atom stereocenters. The van der Waals surface area contributed by atoms with Crippen LogP contribution in [-0.2, 0) is 25.4 Å². The van der Waals surface area contributed by atoms with Crippen LogP contribution in [-0.4, -0.2) is 24.6 Å². The molecule has 1 aromatic carbocycles. The summed E-state index contributed by atoms with van der Waals surface area (Å²) in [5.74, 6) is -0.295. The Morgan fingerprint density at radius 3 is 2.64 bits per heavy atom. The Morgan fingerprint density at radius 1 is 1.24 bits per heavy atom. The second-order valence-electron chi connectivity index (χ2n) is 5.76. The van der Waals surface area contributed by atoms with Crippen molar-refractivity contribution in [1.29, 1.82) is 0 Å². The Hall–Kier alpha value is -2.68. The highest BCUT2D eigenvalue weighted by Crippen LogP contribution is 2.20. The lowest BCUT2D eigenvalue weighted by Crippen LogP contribution is -2.37. The number of aromatic nitrogens is 4. The van der Waals surface area contributed by atoms with Gasteiger partial charge in [-0.1, -0.05) is 15.9 Å². The smallest absolute Gasteiger partial charge is 0.325 e. The third-order valence-corrected chi connectivity index (χ3v) is 4.86. The molecule has 25 heavy (non-hydrogen) atoms. The number of anilines is 1. The molecule has 0 bridgehead atoms. The average molecular weight is 406 g/mol. The van der Waals surface area contributed by atoms with Crippen LogP contribution in [0, 0.1) is 6.92 Å². The summed E-state index contributed by atoms with van der Waals surface area (Å²) >= 11 is 3.41. The predicted octanol–water partition coefficient (Wildman–Crippen LogP) is 1.14. The minimum atomic E-state index is -0.483. The zero-order valence-electron chi connectivity index (χ0n) is 13.9. The second kappa shape index (κ2) is 6.32. The molecular weight excluding hydrogens is 390 g/mol. The number of rotatable bonds is 3. The van der Waals surface area contributed by atoms with E-state index in [1.807, 2.05) is 19.1 Å². The summed E-state index contributed by atoms with van der Waals surface area (Å²) in [5.41, 5.74) is 1.18. The second-order valence-corrected chi connectivity index (χ2v) is 6.62. The molecular formula is C16H16BrN5O3. The van der Waals surface area contributed by atoms with Crippen molar-refractivity contribution in [2.45, 2.75) is 13.5 Å². The summed E-state index contributed by atoms with van der Waals surface area (Å²) in [6.45, 7) is 1.84. The first kappa shape index (κ1) is 17.2. The van der Waals surface area contributed by atoms with Gasteiger partial charge in [0.25, 0.3) is 5.56 Å². The standard InChI is InChI=1S/C16H16BrN5O3/c1-9-6-10(4-5-11(9)17)19-12(23)7-22-8-18-14-13(22)15(24)21(3)16(25)20(14)2/h4-6,8H,7H2,1-3H3,(H,19,23). The van der Waals surface area contributed by atoms with Gasteiger partial charge in [-0.15, -0.1) is 0 Å². The number of nitrogens with one attached hydrogen (secondary N) is 1. The van der Waals surface area contributed by atoms with Gasteiger partial charge in [0.05, 0.1) is 6.33 Å². The normalized spacial score (nSPS) is 11.0. The van der Waals surface area contributed by atoms with Crippen molar-refractivity contribution in [2.24, 2.45) is 14.1 Å². The largest absolute Gasteiger partial charge is 0.332 e. The van der Waals surface area contributed by atoms with Crippen LogP contribution in [0.25, 0.3) is 11.2 Å². The Morgan fingerprint density at radius 2 is 1.96 bits per heavy atom. The molecule has 0 fully saturated rings. The minimum Gasteiger partial charge on any atom is -0.325 e. The number of carbonyl (C=O) groups is 1. The van der Waals surface area contributed by atoms with Crippen LogP contribution in [0.3, 0.4) is 0 Å². The summed E-state index contributed by atoms with van der Waals surface area (Å²) < 4.78 is 4.67. The number of fused-ring (bicyclic) bond motifs is 1. The summed E-state index contributed by atoms with van der Waals surface area (Å²) in [4.78, 5) is 40.7. The number of amides is 1. The van der Waals surface area contributed by atoms with E-state index >= 15 is 0 Å². The minimum absolute atomic E-state index is 0.0843.